The van der Waals surface area contributed by atoms with Crippen molar-refractivity contribution in [2.75, 3.05) is 33.3 Å². The molecule has 2 saturated carbocycles. The Hall–Kier alpha value is -0.120. The van der Waals surface area contributed by atoms with Gasteiger partial charge in [0.05, 0.1) is 12.7 Å². The third-order valence-electron chi connectivity index (χ3n) is 5.10. The molecule has 18 heavy (non-hydrogen) atoms. The fourth-order valence-corrected chi connectivity index (χ4v) is 3.80. The number of morpholine rings is 1. The minimum Gasteiger partial charge on any atom is -0.374 e. The molecule has 2 aliphatic carbocycles. The number of hydrogen-bond acceptors (Lipinski definition) is 3. The van der Waals surface area contributed by atoms with Gasteiger partial charge in [-0.1, -0.05) is 12.8 Å². The number of hydrogen-bond donors (Lipinski definition) is 1. The van der Waals surface area contributed by atoms with Crippen molar-refractivity contribution in [3.63, 3.8) is 0 Å². The summed E-state index contributed by atoms with van der Waals surface area (Å²) in [5.74, 6) is 2.13. The van der Waals surface area contributed by atoms with E-state index in [0.717, 1.165) is 44.1 Å². The van der Waals surface area contributed by atoms with Crippen LogP contribution in [0.15, 0.2) is 0 Å². The van der Waals surface area contributed by atoms with Gasteiger partial charge < -0.3 is 15.0 Å². The molecule has 0 spiro atoms. The Balaban J connectivity index is 1.46. The second-order valence-corrected chi connectivity index (χ2v) is 6.55. The van der Waals surface area contributed by atoms with E-state index in [4.69, 9.17) is 4.74 Å². The highest BCUT2D eigenvalue weighted by molar-refractivity contribution is 4.88. The Morgan fingerprint density at radius 1 is 1.17 bits per heavy atom. The van der Waals surface area contributed by atoms with E-state index in [1.807, 2.05) is 0 Å². The van der Waals surface area contributed by atoms with Crippen LogP contribution < -0.4 is 5.32 Å². The summed E-state index contributed by atoms with van der Waals surface area (Å²) in [5, 5.41) is 3.43. The largest absolute Gasteiger partial charge is 0.374 e. The molecule has 0 amide bonds. The zero-order valence-electron chi connectivity index (χ0n) is 11.7. The van der Waals surface area contributed by atoms with Gasteiger partial charge >= 0.3 is 0 Å². The molecule has 0 aromatic heterocycles. The first-order valence-corrected chi connectivity index (χ1v) is 7.85. The fourth-order valence-electron chi connectivity index (χ4n) is 3.80. The molecule has 3 nitrogen and oxygen atoms in total. The molecular formula is C15H28N2O. The molecule has 3 rings (SSSR count). The van der Waals surface area contributed by atoms with Crippen molar-refractivity contribution in [3.05, 3.63) is 0 Å². The van der Waals surface area contributed by atoms with Gasteiger partial charge in [-0.25, -0.2) is 0 Å². The predicted molar refractivity (Wildman–Crippen MR) is 73.7 cm³/mol. The Kier molecular flexibility index (Phi) is 4.22. The van der Waals surface area contributed by atoms with Crippen molar-refractivity contribution in [2.45, 2.75) is 50.7 Å². The lowest BCUT2D eigenvalue weighted by atomic mass is 9.82. The normalized spacial score (nSPS) is 38.0. The Morgan fingerprint density at radius 2 is 2.06 bits per heavy atom. The van der Waals surface area contributed by atoms with Crippen LogP contribution in [0, 0.1) is 11.8 Å². The van der Waals surface area contributed by atoms with Gasteiger partial charge in [0.1, 0.15) is 0 Å². The Bertz CT molecular complexity index is 261. The summed E-state index contributed by atoms with van der Waals surface area (Å²) in [6, 6.07) is 0.815. The summed E-state index contributed by atoms with van der Waals surface area (Å²) in [6.45, 7) is 4.04. The van der Waals surface area contributed by atoms with E-state index in [-0.39, 0.29) is 0 Å². The molecule has 104 valence electrons. The summed E-state index contributed by atoms with van der Waals surface area (Å²) in [7, 11) is 2.30. The molecule has 3 unspecified atom stereocenters. The monoisotopic (exact) mass is 252 g/mol. The zero-order chi connectivity index (χ0) is 12.4. The second-order valence-electron chi connectivity index (χ2n) is 6.55. The summed E-state index contributed by atoms with van der Waals surface area (Å²) in [6.07, 6.45) is 9.22. The van der Waals surface area contributed by atoms with Crippen LogP contribution in [-0.2, 0) is 4.74 Å². The number of rotatable bonds is 4. The minimum absolute atomic E-state index is 0.407. The SMILES string of the molecule is CN(CC1CNCCO1)C1CCCC(C2CC2)C1. The van der Waals surface area contributed by atoms with Crippen LogP contribution in [0.25, 0.3) is 0 Å². The van der Waals surface area contributed by atoms with Crippen molar-refractivity contribution in [2.24, 2.45) is 11.8 Å². The Labute approximate surface area is 111 Å². The predicted octanol–water partition coefficient (Wildman–Crippen LogP) is 1.88. The first-order valence-electron chi connectivity index (χ1n) is 7.85. The maximum Gasteiger partial charge on any atom is 0.0826 e. The molecule has 0 radical (unpaired) electrons. The summed E-state index contributed by atoms with van der Waals surface area (Å²) in [5.41, 5.74) is 0. The molecule has 3 heteroatoms. The Morgan fingerprint density at radius 3 is 2.78 bits per heavy atom. The quantitative estimate of drug-likeness (QED) is 0.827. The van der Waals surface area contributed by atoms with Crippen molar-refractivity contribution >= 4 is 0 Å². The molecule has 3 atom stereocenters. The molecule has 1 heterocycles. The topological polar surface area (TPSA) is 24.5 Å². The highest BCUT2D eigenvalue weighted by Gasteiger charge is 2.36. The molecular weight excluding hydrogens is 224 g/mol. The van der Waals surface area contributed by atoms with Crippen LogP contribution in [0.5, 0.6) is 0 Å². The first-order chi connectivity index (χ1) is 8.83. The van der Waals surface area contributed by atoms with Crippen LogP contribution in [0.2, 0.25) is 0 Å². The maximum atomic E-state index is 5.82. The van der Waals surface area contributed by atoms with Crippen molar-refractivity contribution in [1.29, 1.82) is 0 Å². The van der Waals surface area contributed by atoms with Gasteiger partial charge in [-0.05, 0) is 44.6 Å². The minimum atomic E-state index is 0.407. The van der Waals surface area contributed by atoms with Gasteiger partial charge in [0.15, 0.2) is 0 Å². The molecule has 1 N–H and O–H groups in total. The van der Waals surface area contributed by atoms with E-state index in [9.17, 15) is 0 Å². The van der Waals surface area contributed by atoms with E-state index >= 15 is 0 Å². The first kappa shape index (κ1) is 12.9. The van der Waals surface area contributed by atoms with Gasteiger partial charge in [-0.15, -0.1) is 0 Å². The molecule has 3 aliphatic rings. The van der Waals surface area contributed by atoms with Crippen LogP contribution in [0.4, 0.5) is 0 Å². The molecule has 1 saturated heterocycles. The van der Waals surface area contributed by atoms with Crippen LogP contribution in [0.3, 0.4) is 0 Å². The molecule has 0 aromatic carbocycles. The number of nitrogens with zero attached hydrogens (tertiary/aromatic N) is 1. The lowest BCUT2D eigenvalue weighted by molar-refractivity contribution is -0.00300. The highest BCUT2D eigenvalue weighted by atomic mass is 16.5. The average molecular weight is 252 g/mol. The van der Waals surface area contributed by atoms with Crippen LogP contribution in [-0.4, -0.2) is 50.3 Å². The van der Waals surface area contributed by atoms with Crippen molar-refractivity contribution < 1.29 is 4.74 Å². The maximum absolute atomic E-state index is 5.82. The molecule has 1 aliphatic heterocycles. The van der Waals surface area contributed by atoms with E-state index in [0.29, 0.717) is 6.10 Å². The van der Waals surface area contributed by atoms with Crippen molar-refractivity contribution in [3.8, 4) is 0 Å². The van der Waals surface area contributed by atoms with Gasteiger partial charge in [0.25, 0.3) is 0 Å². The van der Waals surface area contributed by atoms with Crippen LogP contribution in [0.1, 0.15) is 38.5 Å². The van der Waals surface area contributed by atoms with Gasteiger partial charge in [-0.2, -0.15) is 0 Å². The smallest absolute Gasteiger partial charge is 0.0826 e. The number of ether oxygens (including phenoxy) is 1. The summed E-state index contributed by atoms with van der Waals surface area (Å²) < 4.78 is 5.82. The summed E-state index contributed by atoms with van der Waals surface area (Å²) >= 11 is 0. The lowest BCUT2D eigenvalue weighted by Gasteiger charge is -2.38. The van der Waals surface area contributed by atoms with E-state index in [1.54, 1.807) is 0 Å². The van der Waals surface area contributed by atoms with Gasteiger partial charge in [0.2, 0.25) is 0 Å². The number of likely N-dealkylation sites (N-methyl/N-ethyl adjacent to an activating group) is 1. The third-order valence-corrected chi connectivity index (χ3v) is 5.10. The van der Waals surface area contributed by atoms with E-state index in [1.165, 1.54) is 38.5 Å². The van der Waals surface area contributed by atoms with Gasteiger partial charge in [-0.3, -0.25) is 0 Å². The molecule has 0 bridgehead atoms. The van der Waals surface area contributed by atoms with Crippen molar-refractivity contribution in [1.82, 2.24) is 10.2 Å². The van der Waals surface area contributed by atoms with E-state index < -0.39 is 0 Å². The standard InChI is InChI=1S/C15H28N2O/c1-17(11-15-10-16-7-8-18-15)14-4-2-3-13(9-14)12-5-6-12/h12-16H,2-11H2,1H3. The summed E-state index contributed by atoms with van der Waals surface area (Å²) in [4.78, 5) is 2.58. The lowest BCUT2D eigenvalue weighted by Crippen LogP contribution is -2.47. The fraction of sp³-hybridized carbons (Fsp3) is 1.00. The highest BCUT2D eigenvalue weighted by Crippen LogP contribution is 2.44. The number of nitrogens with one attached hydrogen (secondary N) is 1. The van der Waals surface area contributed by atoms with Crippen LogP contribution >= 0.6 is 0 Å². The second kappa shape index (κ2) is 5.89. The molecule has 0 aromatic rings. The zero-order valence-corrected chi connectivity index (χ0v) is 11.7. The van der Waals surface area contributed by atoms with E-state index in [2.05, 4.69) is 17.3 Å². The third kappa shape index (κ3) is 3.25. The molecule has 3 fully saturated rings. The average Bonchev–Trinajstić information content (AvgIpc) is 3.24. The van der Waals surface area contributed by atoms with Gasteiger partial charge in [0, 0.05) is 25.7 Å².